The van der Waals surface area contributed by atoms with Gasteiger partial charge >= 0.3 is 5.69 Å². The summed E-state index contributed by atoms with van der Waals surface area (Å²) in [4.78, 5) is 13.9. The van der Waals surface area contributed by atoms with Crippen molar-refractivity contribution in [2.24, 2.45) is 0 Å². The summed E-state index contributed by atoms with van der Waals surface area (Å²) in [5, 5.41) is 0. The fourth-order valence-corrected chi connectivity index (χ4v) is 2.07. The van der Waals surface area contributed by atoms with Gasteiger partial charge in [0.1, 0.15) is 5.75 Å². The molecule has 1 heterocycles. The molecule has 1 N–H and O–H groups in total. The smallest absolute Gasteiger partial charge is 0.325 e. The normalized spacial score (nSPS) is 10.4. The molecule has 0 aliphatic heterocycles. The monoisotopic (exact) mass is 282 g/mol. The van der Waals surface area contributed by atoms with Gasteiger partial charge in [0.15, 0.2) is 0 Å². The van der Waals surface area contributed by atoms with Gasteiger partial charge in [0.25, 0.3) is 0 Å². The largest absolute Gasteiger partial charge is 0.496 e. The van der Waals surface area contributed by atoms with Crippen molar-refractivity contribution in [2.45, 2.75) is 6.54 Å². The fraction of sp³-hybridized carbons (Fsp3) is 0.182. The van der Waals surface area contributed by atoms with Crippen LogP contribution in [0.5, 0.6) is 5.75 Å². The van der Waals surface area contributed by atoms with Crippen LogP contribution in [0, 0.1) is 0 Å². The summed E-state index contributed by atoms with van der Waals surface area (Å²) < 4.78 is 7.63. The molecule has 16 heavy (non-hydrogen) atoms. The number of hydrogen-bond acceptors (Lipinski definition) is 2. The average Bonchev–Trinajstić information content (AvgIpc) is 2.65. The van der Waals surface area contributed by atoms with Crippen molar-refractivity contribution in [1.82, 2.24) is 9.55 Å². The SMILES string of the molecule is COc1ccc(Cn2cc[nH]c2=O)cc1Br. The van der Waals surface area contributed by atoms with Gasteiger partial charge in [0, 0.05) is 12.4 Å². The van der Waals surface area contributed by atoms with Crippen LogP contribution in [0.2, 0.25) is 0 Å². The number of benzene rings is 1. The molecule has 0 aliphatic carbocycles. The second-order valence-corrected chi connectivity index (χ2v) is 4.22. The lowest BCUT2D eigenvalue weighted by Gasteiger charge is -2.06. The Morgan fingerprint density at radius 3 is 2.88 bits per heavy atom. The molecule has 2 rings (SSSR count). The van der Waals surface area contributed by atoms with Crippen molar-refractivity contribution in [1.29, 1.82) is 0 Å². The third kappa shape index (κ3) is 2.19. The number of hydrogen-bond donors (Lipinski definition) is 1. The Morgan fingerprint density at radius 2 is 2.31 bits per heavy atom. The standard InChI is InChI=1S/C11H11BrN2O2/c1-16-10-3-2-8(6-9(10)12)7-14-5-4-13-11(14)15/h2-6H,7H2,1H3,(H,13,15). The van der Waals surface area contributed by atoms with E-state index in [1.165, 1.54) is 0 Å². The van der Waals surface area contributed by atoms with E-state index in [2.05, 4.69) is 20.9 Å². The first kappa shape index (κ1) is 11.0. The Labute approximate surface area is 101 Å². The van der Waals surface area contributed by atoms with Crippen molar-refractivity contribution in [3.05, 3.63) is 51.1 Å². The quantitative estimate of drug-likeness (QED) is 0.936. The Morgan fingerprint density at radius 1 is 1.50 bits per heavy atom. The van der Waals surface area contributed by atoms with Gasteiger partial charge in [-0.3, -0.25) is 4.57 Å². The summed E-state index contributed by atoms with van der Waals surface area (Å²) in [7, 11) is 1.62. The summed E-state index contributed by atoms with van der Waals surface area (Å²) in [6.07, 6.45) is 3.35. The van der Waals surface area contributed by atoms with Gasteiger partial charge in [-0.25, -0.2) is 4.79 Å². The topological polar surface area (TPSA) is 47.0 Å². The average molecular weight is 283 g/mol. The summed E-state index contributed by atoms with van der Waals surface area (Å²) in [6, 6.07) is 5.75. The number of halogens is 1. The van der Waals surface area contributed by atoms with Crippen LogP contribution in [0.4, 0.5) is 0 Å². The predicted molar refractivity (Wildman–Crippen MR) is 64.8 cm³/mol. The second kappa shape index (κ2) is 4.57. The molecular formula is C11H11BrN2O2. The maximum absolute atomic E-state index is 11.3. The second-order valence-electron chi connectivity index (χ2n) is 3.36. The summed E-state index contributed by atoms with van der Waals surface area (Å²) >= 11 is 3.41. The van der Waals surface area contributed by atoms with Crippen molar-refractivity contribution in [3.63, 3.8) is 0 Å². The van der Waals surface area contributed by atoms with Gasteiger partial charge in [0.2, 0.25) is 0 Å². The van der Waals surface area contributed by atoms with E-state index in [-0.39, 0.29) is 5.69 Å². The third-order valence-electron chi connectivity index (χ3n) is 2.29. The van der Waals surface area contributed by atoms with Gasteiger partial charge in [0.05, 0.1) is 18.1 Å². The number of imidazole rings is 1. The molecule has 2 aromatic rings. The van der Waals surface area contributed by atoms with E-state index in [0.717, 1.165) is 15.8 Å². The maximum Gasteiger partial charge on any atom is 0.325 e. The Kier molecular flexibility index (Phi) is 3.14. The first-order valence-electron chi connectivity index (χ1n) is 4.77. The number of nitrogens with one attached hydrogen (secondary N) is 1. The van der Waals surface area contributed by atoms with Crippen molar-refractivity contribution in [3.8, 4) is 5.75 Å². The zero-order chi connectivity index (χ0) is 11.5. The highest BCUT2D eigenvalue weighted by Crippen LogP contribution is 2.25. The Hall–Kier alpha value is -1.49. The Bertz CT molecular complexity index is 545. The van der Waals surface area contributed by atoms with Gasteiger partial charge in [-0.1, -0.05) is 6.07 Å². The van der Waals surface area contributed by atoms with E-state index in [1.54, 1.807) is 24.1 Å². The number of nitrogens with zero attached hydrogens (tertiary/aromatic N) is 1. The van der Waals surface area contributed by atoms with Crippen LogP contribution in [0.1, 0.15) is 5.56 Å². The first-order chi connectivity index (χ1) is 7.70. The minimum Gasteiger partial charge on any atom is -0.496 e. The van der Waals surface area contributed by atoms with Crippen LogP contribution in [-0.2, 0) is 6.54 Å². The zero-order valence-corrected chi connectivity index (χ0v) is 10.3. The molecule has 84 valence electrons. The molecular weight excluding hydrogens is 272 g/mol. The molecule has 0 aliphatic rings. The molecule has 0 saturated carbocycles. The molecule has 0 spiro atoms. The zero-order valence-electron chi connectivity index (χ0n) is 8.74. The van der Waals surface area contributed by atoms with E-state index in [0.29, 0.717) is 6.54 Å². The fourth-order valence-electron chi connectivity index (χ4n) is 1.48. The van der Waals surface area contributed by atoms with Crippen LogP contribution in [0.25, 0.3) is 0 Å². The third-order valence-corrected chi connectivity index (χ3v) is 2.91. The molecule has 0 saturated heterocycles. The van der Waals surface area contributed by atoms with Gasteiger partial charge < -0.3 is 9.72 Å². The maximum atomic E-state index is 11.3. The van der Waals surface area contributed by atoms with Gasteiger partial charge in [-0.05, 0) is 33.6 Å². The summed E-state index contributed by atoms with van der Waals surface area (Å²) in [5.41, 5.74) is 0.932. The summed E-state index contributed by atoms with van der Waals surface area (Å²) in [6.45, 7) is 0.547. The molecule has 0 fully saturated rings. The van der Waals surface area contributed by atoms with Crippen LogP contribution in [0.3, 0.4) is 0 Å². The lowest BCUT2D eigenvalue weighted by Crippen LogP contribution is -2.16. The summed E-state index contributed by atoms with van der Waals surface area (Å²) in [5.74, 6) is 0.783. The van der Waals surface area contributed by atoms with E-state index in [4.69, 9.17) is 4.74 Å². The number of ether oxygens (including phenoxy) is 1. The molecule has 0 amide bonds. The van der Waals surface area contributed by atoms with Gasteiger partial charge in [-0.15, -0.1) is 0 Å². The van der Waals surface area contributed by atoms with Crippen molar-refractivity contribution >= 4 is 15.9 Å². The molecule has 1 aromatic carbocycles. The molecule has 5 heteroatoms. The predicted octanol–water partition coefficient (Wildman–Crippen LogP) is 2.00. The highest BCUT2D eigenvalue weighted by molar-refractivity contribution is 9.10. The number of aromatic nitrogens is 2. The molecule has 0 unspecified atom stereocenters. The molecule has 4 nitrogen and oxygen atoms in total. The van der Waals surface area contributed by atoms with Crippen molar-refractivity contribution < 1.29 is 4.74 Å². The van der Waals surface area contributed by atoms with Crippen LogP contribution >= 0.6 is 15.9 Å². The lowest BCUT2D eigenvalue weighted by atomic mass is 10.2. The number of H-pyrrole nitrogens is 1. The highest BCUT2D eigenvalue weighted by Gasteiger charge is 2.03. The minimum atomic E-state index is -0.105. The van der Waals surface area contributed by atoms with Crippen LogP contribution in [0.15, 0.2) is 39.9 Å². The van der Waals surface area contributed by atoms with Crippen molar-refractivity contribution in [2.75, 3.05) is 7.11 Å². The number of aromatic amines is 1. The molecule has 1 aromatic heterocycles. The van der Waals surface area contributed by atoms with Gasteiger partial charge in [-0.2, -0.15) is 0 Å². The number of methoxy groups -OCH3 is 1. The van der Waals surface area contributed by atoms with Crippen LogP contribution in [-0.4, -0.2) is 16.7 Å². The lowest BCUT2D eigenvalue weighted by molar-refractivity contribution is 0.412. The minimum absolute atomic E-state index is 0.105. The van der Waals surface area contributed by atoms with E-state index in [1.807, 2.05) is 18.2 Å². The van der Waals surface area contributed by atoms with E-state index < -0.39 is 0 Å². The molecule has 0 bridgehead atoms. The highest BCUT2D eigenvalue weighted by atomic mass is 79.9. The Balaban J connectivity index is 2.26. The molecule has 0 radical (unpaired) electrons. The van der Waals surface area contributed by atoms with E-state index in [9.17, 15) is 4.79 Å². The van der Waals surface area contributed by atoms with Crippen LogP contribution < -0.4 is 10.4 Å². The number of rotatable bonds is 3. The van der Waals surface area contributed by atoms with E-state index >= 15 is 0 Å². The molecule has 0 atom stereocenters. The first-order valence-corrected chi connectivity index (χ1v) is 5.56.